The van der Waals surface area contributed by atoms with E-state index in [0.29, 0.717) is 0 Å². The first-order valence-electron chi connectivity index (χ1n) is 4.54. The van der Waals surface area contributed by atoms with Gasteiger partial charge in [0.15, 0.2) is 5.78 Å². The van der Waals surface area contributed by atoms with E-state index in [0.717, 1.165) is 6.07 Å². The van der Waals surface area contributed by atoms with E-state index in [2.05, 4.69) is 0 Å². The van der Waals surface area contributed by atoms with Crippen molar-refractivity contribution >= 4 is 34.6 Å². The fourth-order valence-electron chi connectivity index (χ4n) is 1.66. The molecule has 0 radical (unpaired) electrons. The number of nitro groups is 1. The van der Waals surface area contributed by atoms with Gasteiger partial charge in [-0.2, -0.15) is 0 Å². The van der Waals surface area contributed by atoms with Crippen molar-refractivity contribution in [3.05, 3.63) is 39.4 Å². The topological polar surface area (TPSA) is 101 Å². The average molecular weight is 253 g/mol. The first-order chi connectivity index (χ1) is 7.95. The van der Waals surface area contributed by atoms with E-state index in [1.807, 2.05) is 0 Å². The summed E-state index contributed by atoms with van der Waals surface area (Å²) in [6, 6.07) is 3.70. The van der Waals surface area contributed by atoms with Crippen molar-refractivity contribution in [2.24, 2.45) is 0 Å². The van der Waals surface area contributed by atoms with E-state index in [1.54, 1.807) is 0 Å². The van der Waals surface area contributed by atoms with Gasteiger partial charge in [-0.1, -0.05) is 6.07 Å². The quantitative estimate of drug-likeness (QED) is 0.466. The molecule has 17 heavy (non-hydrogen) atoms. The van der Waals surface area contributed by atoms with Crippen molar-refractivity contribution in [1.29, 1.82) is 5.41 Å². The second-order valence-corrected chi connectivity index (χ2v) is 3.86. The fourth-order valence-corrected chi connectivity index (χ4v) is 1.87. The van der Waals surface area contributed by atoms with E-state index >= 15 is 0 Å². The van der Waals surface area contributed by atoms with Crippen molar-refractivity contribution < 1.29 is 14.5 Å². The number of hydrogen-bond donors (Lipinski definition) is 1. The standard InChI is InChI=1S/C10H5ClN2O4/c11-7-8(12)9(14)4-2-1-3-5(13(16)17)6(4)10(7)15/h1-3,7,12H/t7-/m1/s1. The molecule has 6 nitrogen and oxygen atoms in total. The number of nitro benzene ring substituents is 1. The Labute approximate surface area is 99.8 Å². The van der Waals surface area contributed by atoms with Crippen LogP contribution < -0.4 is 0 Å². The molecule has 0 unspecified atom stereocenters. The molecule has 0 aromatic heterocycles. The van der Waals surface area contributed by atoms with E-state index < -0.39 is 33.3 Å². The molecule has 7 heteroatoms. The van der Waals surface area contributed by atoms with Crippen molar-refractivity contribution in [3.63, 3.8) is 0 Å². The maximum atomic E-state index is 11.8. The minimum Gasteiger partial charge on any atom is -0.299 e. The number of hydrogen-bond acceptors (Lipinski definition) is 5. The number of rotatable bonds is 1. The summed E-state index contributed by atoms with van der Waals surface area (Å²) < 4.78 is 0. The summed E-state index contributed by atoms with van der Waals surface area (Å²) >= 11 is 5.60. The van der Waals surface area contributed by atoms with Crippen LogP contribution in [0, 0.1) is 15.5 Å². The molecule has 0 amide bonds. The zero-order chi connectivity index (χ0) is 12.7. The minimum atomic E-state index is -1.45. The number of carbonyl (C=O) groups excluding carboxylic acids is 2. The third-order valence-corrected chi connectivity index (χ3v) is 2.87. The maximum absolute atomic E-state index is 11.8. The lowest BCUT2D eigenvalue weighted by Gasteiger charge is -2.18. The lowest BCUT2D eigenvalue weighted by molar-refractivity contribution is -0.385. The predicted octanol–water partition coefficient (Wildman–Crippen LogP) is 1.60. The highest BCUT2D eigenvalue weighted by atomic mass is 35.5. The molecule has 0 fully saturated rings. The normalized spacial score (nSPS) is 19.1. The molecule has 0 spiro atoms. The van der Waals surface area contributed by atoms with Crippen LogP contribution in [0.4, 0.5) is 5.69 Å². The third-order valence-electron chi connectivity index (χ3n) is 2.46. The monoisotopic (exact) mass is 252 g/mol. The SMILES string of the molecule is N=C1C(=O)c2cccc([N+](=O)[O-])c2C(=O)[C@@H]1Cl. The molecule has 1 N–H and O–H groups in total. The molecule has 1 aliphatic rings. The van der Waals surface area contributed by atoms with Crippen LogP contribution in [-0.4, -0.2) is 27.6 Å². The van der Waals surface area contributed by atoms with Crippen LogP contribution in [0.15, 0.2) is 18.2 Å². The van der Waals surface area contributed by atoms with Gasteiger partial charge in [0.05, 0.1) is 4.92 Å². The summed E-state index contributed by atoms with van der Waals surface area (Å²) in [5.41, 5.74) is -1.45. The summed E-state index contributed by atoms with van der Waals surface area (Å²) in [4.78, 5) is 33.4. The van der Waals surface area contributed by atoms with Gasteiger partial charge in [0.2, 0.25) is 5.78 Å². The Balaban J connectivity index is 2.78. The van der Waals surface area contributed by atoms with Gasteiger partial charge in [-0.25, -0.2) is 0 Å². The van der Waals surface area contributed by atoms with Crippen LogP contribution >= 0.6 is 11.6 Å². The number of fused-ring (bicyclic) bond motifs is 1. The Hall–Kier alpha value is -2.08. The Morgan fingerprint density at radius 3 is 2.59 bits per heavy atom. The molecule has 0 bridgehead atoms. The summed E-state index contributed by atoms with van der Waals surface area (Å²) in [5.74, 6) is -1.53. The van der Waals surface area contributed by atoms with Crippen molar-refractivity contribution in [3.8, 4) is 0 Å². The van der Waals surface area contributed by atoms with Gasteiger partial charge in [0.25, 0.3) is 5.69 Å². The average Bonchev–Trinajstić information content (AvgIpc) is 2.32. The Morgan fingerprint density at radius 2 is 2.00 bits per heavy atom. The van der Waals surface area contributed by atoms with Crippen LogP contribution in [0.5, 0.6) is 0 Å². The van der Waals surface area contributed by atoms with Gasteiger partial charge >= 0.3 is 0 Å². The predicted molar refractivity (Wildman–Crippen MR) is 59.1 cm³/mol. The van der Waals surface area contributed by atoms with Gasteiger partial charge in [-0.15, -0.1) is 11.6 Å². The molecule has 2 rings (SSSR count). The van der Waals surface area contributed by atoms with E-state index in [-0.39, 0.29) is 11.1 Å². The van der Waals surface area contributed by atoms with E-state index in [1.165, 1.54) is 12.1 Å². The summed E-state index contributed by atoms with van der Waals surface area (Å²) in [6.45, 7) is 0. The number of nitrogens with one attached hydrogen (secondary N) is 1. The summed E-state index contributed by atoms with van der Waals surface area (Å²) in [6.07, 6.45) is 0. The second-order valence-electron chi connectivity index (χ2n) is 3.43. The van der Waals surface area contributed by atoms with Crippen molar-refractivity contribution in [2.45, 2.75) is 5.38 Å². The van der Waals surface area contributed by atoms with Crippen LogP contribution in [-0.2, 0) is 0 Å². The molecule has 0 saturated heterocycles. The number of alkyl halides is 1. The Bertz CT molecular complexity index is 582. The lowest BCUT2D eigenvalue weighted by atomic mass is 9.87. The third kappa shape index (κ3) is 1.53. The number of halogens is 1. The molecular weight excluding hydrogens is 248 g/mol. The second kappa shape index (κ2) is 3.74. The fraction of sp³-hybridized carbons (Fsp3) is 0.100. The molecule has 0 saturated carbocycles. The maximum Gasteiger partial charge on any atom is 0.281 e. The number of benzene rings is 1. The van der Waals surface area contributed by atoms with Crippen LogP contribution in [0.25, 0.3) is 0 Å². The first-order valence-corrected chi connectivity index (χ1v) is 4.97. The number of carbonyl (C=O) groups is 2. The van der Waals surface area contributed by atoms with Crippen LogP contribution in [0.2, 0.25) is 0 Å². The number of Topliss-reactive ketones (excluding diaryl/α,β-unsaturated/α-hetero) is 2. The van der Waals surface area contributed by atoms with Crippen LogP contribution in [0.3, 0.4) is 0 Å². The smallest absolute Gasteiger partial charge is 0.281 e. The Morgan fingerprint density at radius 1 is 1.35 bits per heavy atom. The molecule has 0 heterocycles. The summed E-state index contributed by atoms with van der Waals surface area (Å²) in [5, 5.41) is 16.7. The van der Waals surface area contributed by atoms with Crippen molar-refractivity contribution in [1.82, 2.24) is 0 Å². The molecule has 86 valence electrons. The van der Waals surface area contributed by atoms with Crippen molar-refractivity contribution in [2.75, 3.05) is 0 Å². The number of ketones is 2. The lowest BCUT2D eigenvalue weighted by Crippen LogP contribution is -2.37. The molecule has 1 aliphatic carbocycles. The van der Waals surface area contributed by atoms with Gasteiger partial charge in [0.1, 0.15) is 16.7 Å². The van der Waals surface area contributed by atoms with Crippen LogP contribution in [0.1, 0.15) is 20.7 Å². The molecule has 1 atom stereocenters. The highest BCUT2D eigenvalue weighted by Crippen LogP contribution is 2.30. The molecule has 0 aliphatic heterocycles. The Kier molecular flexibility index (Phi) is 2.51. The highest BCUT2D eigenvalue weighted by molar-refractivity contribution is 6.64. The minimum absolute atomic E-state index is 0.133. The zero-order valence-corrected chi connectivity index (χ0v) is 9.02. The van der Waals surface area contributed by atoms with Gasteiger partial charge < -0.3 is 0 Å². The van der Waals surface area contributed by atoms with E-state index in [4.69, 9.17) is 17.0 Å². The highest BCUT2D eigenvalue weighted by Gasteiger charge is 2.40. The summed E-state index contributed by atoms with van der Waals surface area (Å²) in [7, 11) is 0. The zero-order valence-electron chi connectivity index (χ0n) is 8.27. The molecular formula is C10H5ClN2O4. The van der Waals surface area contributed by atoms with Gasteiger partial charge in [-0.3, -0.25) is 25.1 Å². The van der Waals surface area contributed by atoms with E-state index in [9.17, 15) is 19.7 Å². The molecule has 1 aromatic carbocycles. The van der Waals surface area contributed by atoms with Gasteiger partial charge in [0, 0.05) is 11.6 Å². The van der Waals surface area contributed by atoms with Gasteiger partial charge in [-0.05, 0) is 6.07 Å². The largest absolute Gasteiger partial charge is 0.299 e. The first kappa shape index (κ1) is 11.4. The molecule has 1 aromatic rings. The number of nitrogens with zero attached hydrogens (tertiary/aromatic N) is 1.